The highest BCUT2D eigenvalue weighted by atomic mass is 32.1. The molecule has 1 aliphatic heterocycles. The average Bonchev–Trinajstić information content (AvgIpc) is 2.71. The highest BCUT2D eigenvalue weighted by Crippen LogP contribution is 2.57. The molecule has 0 spiro atoms. The van der Waals surface area contributed by atoms with Crippen molar-refractivity contribution in [3.05, 3.63) is 17.0 Å². The molecule has 2 heterocycles. The van der Waals surface area contributed by atoms with Crippen LogP contribution in [-0.2, 0) is 5.41 Å². The smallest absolute Gasteiger partial charge is 0.159 e. The summed E-state index contributed by atoms with van der Waals surface area (Å²) in [5.74, 6) is 0. The van der Waals surface area contributed by atoms with Crippen LogP contribution in [0.15, 0.2) is 11.4 Å². The summed E-state index contributed by atoms with van der Waals surface area (Å²) in [6, 6.07) is 2.47. The van der Waals surface area contributed by atoms with Crippen molar-refractivity contribution in [1.82, 2.24) is 0 Å². The monoisotopic (exact) mass is 262 g/mol. The summed E-state index contributed by atoms with van der Waals surface area (Å²) in [7, 11) is 0. The van der Waals surface area contributed by atoms with Crippen LogP contribution in [0.2, 0.25) is 11.6 Å². The first-order valence-electron chi connectivity index (χ1n) is 7.15. The lowest BCUT2D eigenvalue weighted by Crippen LogP contribution is -2.39. The Kier molecular flexibility index (Phi) is 3.25. The Labute approximate surface area is 117 Å². The van der Waals surface area contributed by atoms with E-state index in [2.05, 4.69) is 59.9 Å². The van der Waals surface area contributed by atoms with Gasteiger partial charge in [-0.1, -0.05) is 67.3 Å². The quantitative estimate of drug-likeness (QED) is 0.628. The highest BCUT2D eigenvalue weighted by molar-refractivity contribution is 7.22. The van der Waals surface area contributed by atoms with E-state index in [4.69, 9.17) is 0 Å². The fraction of sp³-hybridized carbons (Fsp3) is 0.750. The van der Waals surface area contributed by atoms with Crippen molar-refractivity contribution in [1.29, 1.82) is 0 Å². The molecule has 2 rings (SSSR count). The van der Waals surface area contributed by atoms with Gasteiger partial charge in [0.2, 0.25) is 0 Å². The van der Waals surface area contributed by atoms with Crippen molar-refractivity contribution in [2.24, 2.45) is 5.41 Å². The first-order valence-corrected chi connectivity index (χ1v) is 8.02. The van der Waals surface area contributed by atoms with Gasteiger partial charge in [-0.3, -0.25) is 0 Å². The van der Waals surface area contributed by atoms with Crippen LogP contribution in [0.25, 0.3) is 0 Å². The van der Waals surface area contributed by atoms with Crippen LogP contribution in [0.1, 0.15) is 60.5 Å². The van der Waals surface area contributed by atoms with Gasteiger partial charge < -0.3 is 0 Å². The van der Waals surface area contributed by atoms with Crippen LogP contribution in [0.4, 0.5) is 0 Å². The average molecular weight is 262 g/mol. The Morgan fingerprint density at radius 2 is 1.78 bits per heavy atom. The number of hydrogen-bond acceptors (Lipinski definition) is 1. The molecule has 18 heavy (non-hydrogen) atoms. The molecule has 0 saturated carbocycles. The fourth-order valence-electron chi connectivity index (χ4n) is 3.09. The van der Waals surface area contributed by atoms with Gasteiger partial charge in [-0.15, -0.1) is 0 Å². The SMILES string of the molecule is CC(C)(C)c1csc(B2CCC(C)(C)C2(C)C)c1. The molecular weight excluding hydrogens is 235 g/mol. The van der Waals surface area contributed by atoms with Crippen molar-refractivity contribution >= 4 is 22.8 Å². The van der Waals surface area contributed by atoms with E-state index in [1.54, 1.807) is 4.78 Å². The molecule has 0 nitrogen and oxygen atoms in total. The molecule has 1 saturated heterocycles. The number of thiophene rings is 1. The zero-order chi connectivity index (χ0) is 13.8. The maximum atomic E-state index is 2.47. The summed E-state index contributed by atoms with van der Waals surface area (Å²) in [5, 5.41) is 2.78. The maximum absolute atomic E-state index is 2.47. The van der Waals surface area contributed by atoms with E-state index in [0.29, 0.717) is 10.7 Å². The lowest BCUT2D eigenvalue weighted by atomic mass is 9.32. The summed E-state index contributed by atoms with van der Waals surface area (Å²) in [6.45, 7) is 17.5. The van der Waals surface area contributed by atoms with Gasteiger partial charge in [0.05, 0.1) is 0 Å². The number of rotatable bonds is 1. The Balaban J connectivity index is 2.32. The van der Waals surface area contributed by atoms with Crippen LogP contribution in [0.5, 0.6) is 0 Å². The van der Waals surface area contributed by atoms with Crippen molar-refractivity contribution in [3.63, 3.8) is 0 Å². The Morgan fingerprint density at radius 3 is 2.17 bits per heavy atom. The van der Waals surface area contributed by atoms with E-state index in [0.717, 1.165) is 6.71 Å². The van der Waals surface area contributed by atoms with E-state index in [9.17, 15) is 0 Å². The molecule has 1 aromatic heterocycles. The molecule has 1 fully saturated rings. The first kappa shape index (κ1) is 14.2. The molecule has 100 valence electrons. The summed E-state index contributed by atoms with van der Waals surface area (Å²) in [4.78, 5) is 0. The molecule has 0 N–H and O–H groups in total. The van der Waals surface area contributed by atoms with E-state index >= 15 is 0 Å². The van der Waals surface area contributed by atoms with Gasteiger partial charge in [0.1, 0.15) is 0 Å². The van der Waals surface area contributed by atoms with Gasteiger partial charge in [0.15, 0.2) is 6.71 Å². The Morgan fingerprint density at radius 1 is 1.17 bits per heavy atom. The van der Waals surface area contributed by atoms with E-state index in [1.807, 2.05) is 11.3 Å². The minimum Gasteiger partial charge on any atom is -0.159 e. The van der Waals surface area contributed by atoms with E-state index in [-0.39, 0.29) is 5.41 Å². The van der Waals surface area contributed by atoms with Crippen molar-refractivity contribution in [2.45, 2.75) is 71.9 Å². The van der Waals surface area contributed by atoms with Gasteiger partial charge >= 0.3 is 0 Å². The Hall–Kier alpha value is -0.235. The molecule has 0 radical (unpaired) electrons. The van der Waals surface area contributed by atoms with Gasteiger partial charge in [-0.05, 0) is 31.9 Å². The largest absolute Gasteiger partial charge is 0.195 e. The van der Waals surface area contributed by atoms with Crippen molar-refractivity contribution in [3.8, 4) is 0 Å². The van der Waals surface area contributed by atoms with Crippen LogP contribution in [0.3, 0.4) is 0 Å². The second-order valence-corrected chi connectivity index (χ2v) is 9.13. The fourth-order valence-corrected chi connectivity index (χ4v) is 4.54. The summed E-state index contributed by atoms with van der Waals surface area (Å²) in [5.41, 5.74) is 2.25. The third kappa shape index (κ3) is 2.17. The minimum absolute atomic E-state index is 0.285. The Bertz CT molecular complexity index is 434. The predicted octanol–water partition coefficient (Wildman–Crippen LogP) is 4.96. The predicted molar refractivity (Wildman–Crippen MR) is 85.7 cm³/mol. The second kappa shape index (κ2) is 4.13. The van der Waals surface area contributed by atoms with E-state index in [1.165, 1.54) is 18.3 Å². The molecule has 0 bridgehead atoms. The second-order valence-electron chi connectivity index (χ2n) is 8.18. The van der Waals surface area contributed by atoms with Gasteiger partial charge in [0.25, 0.3) is 0 Å². The third-order valence-corrected chi connectivity index (χ3v) is 6.55. The topological polar surface area (TPSA) is 0 Å². The summed E-state index contributed by atoms with van der Waals surface area (Å²) in [6.07, 6.45) is 2.71. The van der Waals surface area contributed by atoms with Gasteiger partial charge in [0, 0.05) is 0 Å². The standard InChI is InChI=1S/C16H27BS/c1-14(2,3)12-10-13(18-11-12)17-9-8-15(4,5)16(17,6)7/h10-11H,8-9H2,1-7H3. The van der Waals surface area contributed by atoms with Crippen LogP contribution in [-0.4, -0.2) is 6.71 Å². The van der Waals surface area contributed by atoms with Crippen LogP contribution in [0, 0.1) is 5.41 Å². The molecule has 1 aliphatic rings. The van der Waals surface area contributed by atoms with E-state index < -0.39 is 0 Å². The maximum Gasteiger partial charge on any atom is 0.195 e. The zero-order valence-electron chi connectivity index (χ0n) is 13.1. The molecule has 0 unspecified atom stereocenters. The van der Waals surface area contributed by atoms with Crippen LogP contribution < -0.4 is 4.78 Å². The lowest BCUT2D eigenvalue weighted by Gasteiger charge is -2.38. The third-order valence-electron chi connectivity index (χ3n) is 5.50. The van der Waals surface area contributed by atoms with Gasteiger partial charge in [-0.2, -0.15) is 11.3 Å². The molecule has 0 aromatic carbocycles. The molecular formula is C16H27BS. The van der Waals surface area contributed by atoms with Crippen molar-refractivity contribution < 1.29 is 0 Å². The molecule has 2 heteroatoms. The zero-order valence-corrected chi connectivity index (χ0v) is 13.9. The van der Waals surface area contributed by atoms with Crippen molar-refractivity contribution in [2.75, 3.05) is 0 Å². The summed E-state index contributed by atoms with van der Waals surface area (Å²) < 4.78 is 1.61. The molecule has 0 atom stereocenters. The van der Waals surface area contributed by atoms with Gasteiger partial charge in [-0.25, -0.2) is 0 Å². The minimum atomic E-state index is 0.285. The highest BCUT2D eigenvalue weighted by Gasteiger charge is 2.51. The molecule has 0 aliphatic carbocycles. The normalized spacial score (nSPS) is 22.5. The molecule has 1 aromatic rings. The molecule has 0 amide bonds. The number of hydrogen-bond donors (Lipinski definition) is 0. The summed E-state index contributed by atoms with van der Waals surface area (Å²) >= 11 is 1.98. The first-order chi connectivity index (χ1) is 8.06. The lowest BCUT2D eigenvalue weighted by molar-refractivity contribution is 0.279. The van der Waals surface area contributed by atoms with Crippen LogP contribution >= 0.6 is 11.3 Å².